The van der Waals surface area contributed by atoms with Gasteiger partial charge in [0.15, 0.2) is 11.6 Å². The van der Waals surface area contributed by atoms with Crippen LogP contribution >= 0.6 is 0 Å². The topological polar surface area (TPSA) is 41.8 Å². The van der Waals surface area contributed by atoms with E-state index in [4.69, 9.17) is 9.47 Å². The smallest absolute Gasteiger partial charge is 0.343 e. The van der Waals surface area contributed by atoms with Gasteiger partial charge in [-0.15, -0.1) is 0 Å². The Kier molecular flexibility index (Phi) is 7.29. The number of hydrogen-bond donors (Lipinski definition) is 0. The molecular weight excluding hydrogens is 632 g/mol. The van der Waals surface area contributed by atoms with Crippen molar-refractivity contribution in [3.63, 3.8) is 0 Å². The first-order valence-electron chi connectivity index (χ1n) is 17.5. The molecule has 5 aliphatic rings. The Morgan fingerprint density at radius 3 is 2.37 bits per heavy atom. The van der Waals surface area contributed by atoms with Crippen LogP contribution in [0.3, 0.4) is 0 Å². The largest absolute Gasteiger partial charge is 0.455 e. The lowest BCUT2D eigenvalue weighted by Crippen LogP contribution is -2.41. The third kappa shape index (κ3) is 4.87. The molecule has 0 bridgehead atoms. The van der Waals surface area contributed by atoms with E-state index in [0.717, 1.165) is 118 Å². The molecule has 5 heterocycles. The molecule has 0 amide bonds. The predicted molar refractivity (Wildman–Crippen MR) is 177 cm³/mol. The third-order valence-electron chi connectivity index (χ3n) is 10.8. The van der Waals surface area contributed by atoms with Crippen LogP contribution in [0.1, 0.15) is 82.3 Å². The van der Waals surface area contributed by atoms with Gasteiger partial charge in [0, 0.05) is 65.2 Å². The molecule has 0 unspecified atom stereocenters. The Morgan fingerprint density at radius 1 is 0.755 bits per heavy atom. The van der Waals surface area contributed by atoms with Crippen molar-refractivity contribution in [3.8, 4) is 17.2 Å². The van der Waals surface area contributed by atoms with Crippen molar-refractivity contribution in [1.29, 1.82) is 0 Å². The molecule has 4 aromatic rings. The zero-order valence-corrected chi connectivity index (χ0v) is 27.1. The summed E-state index contributed by atoms with van der Waals surface area (Å²) in [5.41, 5.74) is 8.97. The van der Waals surface area contributed by atoms with Gasteiger partial charge in [0.05, 0.1) is 11.1 Å². The summed E-state index contributed by atoms with van der Waals surface area (Å²) in [7, 11) is 0. The quantitative estimate of drug-likeness (QED) is 0.0709. The van der Waals surface area contributed by atoms with Crippen LogP contribution in [0.15, 0.2) is 42.5 Å². The van der Waals surface area contributed by atoms with E-state index in [-0.39, 0.29) is 11.6 Å². The predicted octanol–water partition coefficient (Wildman–Crippen LogP) is 6.68. The van der Waals surface area contributed by atoms with E-state index in [1.165, 1.54) is 39.4 Å². The Labute approximate surface area is 281 Å². The molecule has 0 saturated heterocycles. The second-order valence-corrected chi connectivity index (χ2v) is 13.8. The molecule has 0 aromatic heterocycles. The lowest BCUT2D eigenvalue weighted by atomic mass is 9.84. The number of halogens is 4. The highest BCUT2D eigenvalue weighted by molar-refractivity contribution is 5.95. The first-order valence-corrected chi connectivity index (χ1v) is 17.5. The fraction of sp³-hybridized carbons (Fsp3) is 0.350. The van der Waals surface area contributed by atoms with E-state index >= 15 is 0 Å². The van der Waals surface area contributed by atoms with Crippen molar-refractivity contribution >= 4 is 17.2 Å². The maximum atomic E-state index is 14.5. The van der Waals surface area contributed by atoms with Crippen LogP contribution in [0.25, 0.3) is 5.57 Å². The number of esters is 1. The maximum absolute atomic E-state index is 14.5. The molecule has 0 saturated carbocycles. The maximum Gasteiger partial charge on any atom is 0.343 e. The van der Waals surface area contributed by atoms with E-state index < -0.39 is 35.0 Å². The molecule has 9 rings (SSSR count). The highest BCUT2D eigenvalue weighted by Gasteiger charge is 2.35. The van der Waals surface area contributed by atoms with Gasteiger partial charge in [-0.25, -0.2) is 18.2 Å². The molecule has 0 atom stereocenters. The van der Waals surface area contributed by atoms with Crippen LogP contribution in [-0.4, -0.2) is 32.1 Å². The van der Waals surface area contributed by atoms with Crippen molar-refractivity contribution in [3.05, 3.63) is 115 Å². The number of hydrogen-bond acceptors (Lipinski definition) is 4. The highest BCUT2D eigenvalue weighted by Crippen LogP contribution is 2.48. The van der Waals surface area contributed by atoms with Gasteiger partial charge >= 0.3 is 5.97 Å². The van der Waals surface area contributed by atoms with Gasteiger partial charge in [-0.05, 0) is 86.8 Å². The monoisotopic (exact) mass is 667 g/mol. The lowest BCUT2D eigenvalue weighted by Gasteiger charge is -2.35. The van der Waals surface area contributed by atoms with E-state index in [9.17, 15) is 22.4 Å². The molecule has 4 aromatic carbocycles. The number of benzene rings is 4. The van der Waals surface area contributed by atoms with Crippen molar-refractivity contribution < 1.29 is 31.8 Å². The molecule has 5 aliphatic heterocycles. The third-order valence-corrected chi connectivity index (χ3v) is 10.8. The van der Waals surface area contributed by atoms with Gasteiger partial charge in [0.25, 0.3) is 0 Å². The van der Waals surface area contributed by atoms with E-state index in [1.54, 1.807) is 12.1 Å². The number of rotatable bonds is 3. The molecule has 49 heavy (non-hydrogen) atoms. The van der Waals surface area contributed by atoms with Crippen LogP contribution < -0.4 is 29.5 Å². The molecule has 0 N–H and O–H groups in total. The Bertz CT molecular complexity index is 2200. The standard InChI is InChI=1S/C40H35F4N2O3/c41-30-21-31(42)34(44)39(33(30)43)49-40(47)25-11-5-10-22(18-25)32-28-19-23-8-1-3-14-45-16-6-12-26(35(23)45)37(28)48-38-27-13-7-17-46-15-4-2-9-24(36(27)46)20-29(32)38/h5,10-11,18-21H,1-4,6-9,12-17H2/q+1. The van der Waals surface area contributed by atoms with E-state index in [0.29, 0.717) is 5.56 Å². The summed E-state index contributed by atoms with van der Waals surface area (Å²) in [5.74, 6) is -7.63. The number of carbonyl (C=O) groups is 1. The van der Waals surface area contributed by atoms with E-state index in [2.05, 4.69) is 21.6 Å². The average molecular weight is 668 g/mol. The van der Waals surface area contributed by atoms with Crippen molar-refractivity contribution in [2.45, 2.75) is 64.2 Å². The molecule has 5 nitrogen and oxygen atoms in total. The highest BCUT2D eigenvalue weighted by atomic mass is 19.2. The average Bonchev–Trinajstić information content (AvgIpc) is 3.46. The number of aryl methyl sites for hydroxylation is 2. The number of fused-ring (bicyclic) bond motifs is 4. The van der Waals surface area contributed by atoms with Crippen LogP contribution in [-0.2, 0) is 25.7 Å². The number of nitrogens with zero attached hydrogens (tertiary/aromatic N) is 2. The SMILES string of the molecule is O=C(Oc1c(F)c(F)cc(F)c1F)c1cccc(C2=c3cc4c5c(c3Oc3c2cc2c6c3CCCN6CCCC2)CCC[N+]=5CCCC4)c1. The minimum atomic E-state index is -1.77. The second-order valence-electron chi connectivity index (χ2n) is 13.8. The summed E-state index contributed by atoms with van der Waals surface area (Å²) in [4.78, 5) is 15.9. The zero-order valence-electron chi connectivity index (χ0n) is 27.1. The van der Waals surface area contributed by atoms with Gasteiger partial charge in [0.1, 0.15) is 24.6 Å². The second kappa shape index (κ2) is 11.7. The van der Waals surface area contributed by atoms with Gasteiger partial charge in [-0.3, -0.25) is 0 Å². The first kappa shape index (κ1) is 30.4. The lowest BCUT2D eigenvalue weighted by molar-refractivity contribution is 0.0717. The summed E-state index contributed by atoms with van der Waals surface area (Å²) >= 11 is 0. The summed E-state index contributed by atoms with van der Waals surface area (Å²) in [6.45, 7) is 4.11. The number of carbonyl (C=O) groups excluding carboxylic acids is 1. The van der Waals surface area contributed by atoms with Gasteiger partial charge in [-0.2, -0.15) is 8.78 Å². The fourth-order valence-corrected chi connectivity index (χ4v) is 8.73. The zero-order chi connectivity index (χ0) is 33.4. The molecule has 9 heteroatoms. The van der Waals surface area contributed by atoms with Gasteiger partial charge < -0.3 is 14.4 Å². The van der Waals surface area contributed by atoms with Gasteiger partial charge in [0.2, 0.25) is 22.7 Å². The first-order chi connectivity index (χ1) is 23.9. The summed E-state index contributed by atoms with van der Waals surface area (Å²) in [6.07, 6.45) is 10.3. The fourth-order valence-electron chi connectivity index (χ4n) is 8.73. The van der Waals surface area contributed by atoms with Crippen molar-refractivity contribution in [2.75, 3.05) is 31.1 Å². The Morgan fingerprint density at radius 2 is 1.51 bits per heavy atom. The van der Waals surface area contributed by atoms with Crippen LogP contribution in [0.5, 0.6) is 17.2 Å². The minimum absolute atomic E-state index is 0.00684. The van der Waals surface area contributed by atoms with Crippen LogP contribution in [0.4, 0.5) is 23.2 Å². The van der Waals surface area contributed by atoms with Gasteiger partial charge in [-0.1, -0.05) is 12.1 Å². The Balaban J connectivity index is 1.28. The van der Waals surface area contributed by atoms with Crippen molar-refractivity contribution in [2.24, 2.45) is 0 Å². The molecule has 0 radical (unpaired) electrons. The van der Waals surface area contributed by atoms with Crippen LogP contribution in [0.2, 0.25) is 0 Å². The molecule has 0 fully saturated rings. The summed E-state index contributed by atoms with van der Waals surface area (Å²) in [5, 5.41) is 2.27. The number of anilines is 1. The molecule has 0 aliphatic carbocycles. The minimum Gasteiger partial charge on any atom is -0.455 e. The normalized spacial score (nSPS) is 17.6. The van der Waals surface area contributed by atoms with Crippen molar-refractivity contribution in [1.82, 2.24) is 4.58 Å². The van der Waals surface area contributed by atoms with Crippen LogP contribution in [0, 0.1) is 23.3 Å². The summed E-state index contributed by atoms with van der Waals surface area (Å²) in [6, 6.07) is 11.3. The van der Waals surface area contributed by atoms with E-state index in [1.807, 2.05) is 6.07 Å². The molecule has 0 spiro atoms. The molecular formula is C40H35F4N2O3+. The Hall–Kier alpha value is -4.66. The number of ether oxygens (including phenoxy) is 2. The molecule has 250 valence electrons. The summed E-state index contributed by atoms with van der Waals surface area (Å²) < 4.78 is 71.5.